The number of alkyl carbamates (subject to hydrolysis) is 1. The molecule has 1 aliphatic rings. The van der Waals surface area contributed by atoms with Crippen LogP contribution in [0.5, 0.6) is 0 Å². The molecule has 1 aromatic rings. The lowest BCUT2D eigenvalue weighted by Gasteiger charge is -2.19. The summed E-state index contributed by atoms with van der Waals surface area (Å²) in [5, 5.41) is 3.28. The van der Waals surface area contributed by atoms with Crippen molar-refractivity contribution >= 4 is 29.2 Å². The van der Waals surface area contributed by atoms with Gasteiger partial charge < -0.3 is 20.7 Å². The summed E-state index contributed by atoms with van der Waals surface area (Å²) in [6, 6.07) is 1.72. The number of hydrogen-bond acceptors (Lipinski definition) is 5. The van der Waals surface area contributed by atoms with Gasteiger partial charge in [-0.2, -0.15) is 0 Å². The second-order valence-electron chi connectivity index (χ2n) is 4.13. The molecule has 1 unspecified atom stereocenters. The number of anilines is 2. The Bertz CT molecular complexity index is 455. The number of ether oxygens (including phenoxy) is 1. The van der Waals surface area contributed by atoms with Gasteiger partial charge in [-0.1, -0.05) is 11.6 Å². The molecule has 98 valence electrons. The number of nitrogen functional groups attached to an aromatic ring is 1. The summed E-state index contributed by atoms with van der Waals surface area (Å²) in [4.78, 5) is 17.4. The molecule has 1 atom stereocenters. The van der Waals surface area contributed by atoms with E-state index in [1.54, 1.807) is 12.3 Å². The Morgan fingerprint density at radius 1 is 1.72 bits per heavy atom. The van der Waals surface area contributed by atoms with Gasteiger partial charge in [0.1, 0.15) is 0 Å². The Hall–Kier alpha value is -1.69. The van der Waals surface area contributed by atoms with Crippen molar-refractivity contribution < 1.29 is 9.53 Å². The van der Waals surface area contributed by atoms with E-state index in [4.69, 9.17) is 17.3 Å². The SMILES string of the molecule is COC(=O)NC1CCN(c2ncc(Cl)cc2N)C1. The summed E-state index contributed by atoms with van der Waals surface area (Å²) in [6.07, 6.45) is 1.98. The highest BCUT2D eigenvalue weighted by Crippen LogP contribution is 2.26. The number of amides is 1. The van der Waals surface area contributed by atoms with Gasteiger partial charge in [0.15, 0.2) is 5.82 Å². The monoisotopic (exact) mass is 270 g/mol. The molecule has 0 spiro atoms. The minimum absolute atomic E-state index is 0.0503. The van der Waals surface area contributed by atoms with Crippen molar-refractivity contribution in [3.63, 3.8) is 0 Å². The molecule has 7 heteroatoms. The van der Waals surface area contributed by atoms with E-state index in [0.717, 1.165) is 13.0 Å². The van der Waals surface area contributed by atoms with E-state index < -0.39 is 6.09 Å². The highest BCUT2D eigenvalue weighted by atomic mass is 35.5. The summed E-state index contributed by atoms with van der Waals surface area (Å²) in [5.41, 5.74) is 6.42. The van der Waals surface area contributed by atoms with Gasteiger partial charge in [0.05, 0.1) is 23.9 Å². The fourth-order valence-electron chi connectivity index (χ4n) is 2.01. The first kappa shape index (κ1) is 12.8. The number of nitrogens with one attached hydrogen (secondary N) is 1. The predicted octanol–water partition coefficient (Wildman–Crippen LogP) is 1.25. The number of aromatic nitrogens is 1. The van der Waals surface area contributed by atoms with E-state index in [1.807, 2.05) is 4.90 Å². The first-order valence-electron chi connectivity index (χ1n) is 5.60. The normalized spacial score (nSPS) is 18.8. The molecule has 0 aliphatic carbocycles. The molecule has 0 bridgehead atoms. The third-order valence-electron chi connectivity index (χ3n) is 2.86. The molecule has 1 saturated heterocycles. The molecule has 2 rings (SSSR count). The summed E-state index contributed by atoms with van der Waals surface area (Å²) in [6.45, 7) is 1.45. The Labute approximate surface area is 110 Å². The van der Waals surface area contributed by atoms with Crippen LogP contribution in [0.4, 0.5) is 16.3 Å². The van der Waals surface area contributed by atoms with Crippen LogP contribution in [0.25, 0.3) is 0 Å². The molecule has 2 heterocycles. The van der Waals surface area contributed by atoms with Crippen molar-refractivity contribution in [1.82, 2.24) is 10.3 Å². The Kier molecular flexibility index (Phi) is 3.76. The number of carbonyl (C=O) groups is 1. The number of pyridine rings is 1. The van der Waals surface area contributed by atoms with Gasteiger partial charge in [-0.3, -0.25) is 0 Å². The molecule has 1 aromatic heterocycles. The van der Waals surface area contributed by atoms with Crippen molar-refractivity contribution in [3.8, 4) is 0 Å². The van der Waals surface area contributed by atoms with E-state index in [-0.39, 0.29) is 6.04 Å². The lowest BCUT2D eigenvalue weighted by molar-refractivity contribution is 0.167. The van der Waals surface area contributed by atoms with E-state index in [9.17, 15) is 4.79 Å². The van der Waals surface area contributed by atoms with Crippen molar-refractivity contribution in [2.24, 2.45) is 0 Å². The Morgan fingerprint density at radius 3 is 3.17 bits per heavy atom. The lowest BCUT2D eigenvalue weighted by Crippen LogP contribution is -2.37. The minimum Gasteiger partial charge on any atom is -0.453 e. The number of nitrogens with zero attached hydrogens (tertiary/aromatic N) is 2. The van der Waals surface area contributed by atoms with E-state index in [1.165, 1.54) is 7.11 Å². The van der Waals surface area contributed by atoms with Crippen LogP contribution in [0, 0.1) is 0 Å². The molecule has 1 aliphatic heterocycles. The summed E-state index contributed by atoms with van der Waals surface area (Å²) >= 11 is 5.81. The molecule has 6 nitrogen and oxygen atoms in total. The largest absolute Gasteiger partial charge is 0.453 e. The van der Waals surface area contributed by atoms with Gasteiger partial charge >= 0.3 is 6.09 Å². The zero-order chi connectivity index (χ0) is 13.1. The molecule has 1 amide bonds. The topological polar surface area (TPSA) is 80.5 Å². The number of hydrogen-bond donors (Lipinski definition) is 2. The standard InChI is InChI=1S/C11H15ClN4O2/c1-18-11(17)15-8-2-3-16(6-8)10-9(13)4-7(12)5-14-10/h4-5,8H,2-3,6,13H2,1H3,(H,15,17). The van der Waals surface area contributed by atoms with Crippen LogP contribution < -0.4 is 16.0 Å². The molecular formula is C11H15ClN4O2. The maximum absolute atomic E-state index is 11.1. The Morgan fingerprint density at radius 2 is 2.50 bits per heavy atom. The molecular weight excluding hydrogens is 256 g/mol. The van der Waals surface area contributed by atoms with E-state index in [2.05, 4.69) is 15.0 Å². The van der Waals surface area contributed by atoms with Gasteiger partial charge in [0.25, 0.3) is 0 Å². The minimum atomic E-state index is -0.418. The Balaban J connectivity index is 2.02. The quantitative estimate of drug-likeness (QED) is 0.845. The molecule has 0 radical (unpaired) electrons. The van der Waals surface area contributed by atoms with Crippen LogP contribution in [0.2, 0.25) is 5.02 Å². The fourth-order valence-corrected chi connectivity index (χ4v) is 2.17. The van der Waals surface area contributed by atoms with Crippen LogP contribution in [-0.2, 0) is 4.74 Å². The van der Waals surface area contributed by atoms with E-state index in [0.29, 0.717) is 23.1 Å². The second-order valence-corrected chi connectivity index (χ2v) is 4.57. The third-order valence-corrected chi connectivity index (χ3v) is 3.06. The predicted molar refractivity (Wildman–Crippen MR) is 69.8 cm³/mol. The third kappa shape index (κ3) is 2.76. The number of halogens is 1. The van der Waals surface area contributed by atoms with Gasteiger partial charge in [0.2, 0.25) is 0 Å². The van der Waals surface area contributed by atoms with Crippen LogP contribution in [-0.4, -0.2) is 37.3 Å². The smallest absolute Gasteiger partial charge is 0.407 e. The average molecular weight is 271 g/mol. The second kappa shape index (κ2) is 5.30. The lowest BCUT2D eigenvalue weighted by atomic mass is 10.3. The number of rotatable bonds is 2. The highest BCUT2D eigenvalue weighted by Gasteiger charge is 2.26. The van der Waals surface area contributed by atoms with Crippen molar-refractivity contribution in [1.29, 1.82) is 0 Å². The number of carbonyl (C=O) groups excluding carboxylic acids is 1. The summed E-state index contributed by atoms with van der Waals surface area (Å²) < 4.78 is 4.57. The average Bonchev–Trinajstić information content (AvgIpc) is 2.77. The van der Waals surface area contributed by atoms with Gasteiger partial charge in [0, 0.05) is 19.3 Å². The van der Waals surface area contributed by atoms with Crippen LogP contribution >= 0.6 is 11.6 Å². The van der Waals surface area contributed by atoms with Gasteiger partial charge in [-0.05, 0) is 12.5 Å². The number of nitrogens with two attached hydrogens (primary N) is 1. The zero-order valence-corrected chi connectivity index (χ0v) is 10.8. The van der Waals surface area contributed by atoms with E-state index >= 15 is 0 Å². The van der Waals surface area contributed by atoms with Crippen molar-refractivity contribution in [2.45, 2.75) is 12.5 Å². The fraction of sp³-hybridized carbons (Fsp3) is 0.455. The molecule has 3 N–H and O–H groups in total. The molecule has 18 heavy (non-hydrogen) atoms. The van der Waals surface area contributed by atoms with Crippen LogP contribution in [0.15, 0.2) is 12.3 Å². The molecule has 1 fully saturated rings. The molecule has 0 saturated carbocycles. The summed E-state index contributed by atoms with van der Waals surface area (Å²) in [5.74, 6) is 0.702. The maximum atomic E-state index is 11.1. The maximum Gasteiger partial charge on any atom is 0.407 e. The first-order valence-corrected chi connectivity index (χ1v) is 5.98. The van der Waals surface area contributed by atoms with Gasteiger partial charge in [-0.25, -0.2) is 9.78 Å². The number of methoxy groups -OCH3 is 1. The van der Waals surface area contributed by atoms with Crippen molar-refractivity contribution in [3.05, 3.63) is 17.3 Å². The van der Waals surface area contributed by atoms with Crippen LogP contribution in [0.1, 0.15) is 6.42 Å². The molecule has 0 aromatic carbocycles. The first-order chi connectivity index (χ1) is 8.60. The van der Waals surface area contributed by atoms with Gasteiger partial charge in [-0.15, -0.1) is 0 Å². The highest BCUT2D eigenvalue weighted by molar-refractivity contribution is 6.30. The zero-order valence-electron chi connectivity index (χ0n) is 10.0. The van der Waals surface area contributed by atoms with Crippen molar-refractivity contribution in [2.75, 3.05) is 30.8 Å². The summed E-state index contributed by atoms with van der Waals surface area (Å²) in [7, 11) is 1.35. The van der Waals surface area contributed by atoms with Crippen LogP contribution in [0.3, 0.4) is 0 Å².